The molecule has 0 fully saturated rings. The van der Waals surface area contributed by atoms with E-state index in [1.165, 1.54) is 0 Å². The molecule has 2 aromatic heterocycles. The topological polar surface area (TPSA) is 47.7 Å². The fourth-order valence-electron chi connectivity index (χ4n) is 1.67. The Labute approximate surface area is 101 Å². The highest BCUT2D eigenvalue weighted by Gasteiger charge is 2.05. The summed E-state index contributed by atoms with van der Waals surface area (Å²) in [5.74, 6) is 1.05. The minimum atomic E-state index is 0.468. The maximum absolute atomic E-state index is 4.37. The average Bonchev–Trinajstić information content (AvgIpc) is 2.86. The van der Waals surface area contributed by atoms with E-state index in [0.29, 0.717) is 6.04 Å². The molecule has 0 unspecified atom stereocenters. The first kappa shape index (κ1) is 11.9. The summed E-state index contributed by atoms with van der Waals surface area (Å²) in [6.07, 6.45) is 5.78. The van der Waals surface area contributed by atoms with E-state index in [4.69, 9.17) is 0 Å². The van der Waals surface area contributed by atoms with Crippen LogP contribution in [0.2, 0.25) is 0 Å². The number of nitrogens with zero attached hydrogens (tertiary/aromatic N) is 4. The van der Waals surface area contributed by atoms with Crippen molar-refractivity contribution in [1.29, 1.82) is 0 Å². The van der Waals surface area contributed by atoms with Crippen molar-refractivity contribution in [2.24, 2.45) is 7.05 Å². The SMILES string of the molecule is CC(C)NCc1nccn1Cc1ccn(C)n1. The van der Waals surface area contributed by atoms with E-state index in [1.807, 2.05) is 36.4 Å². The molecule has 0 spiro atoms. The Hall–Kier alpha value is -1.62. The first-order valence-electron chi connectivity index (χ1n) is 5.87. The predicted molar refractivity (Wildman–Crippen MR) is 66.5 cm³/mol. The zero-order valence-corrected chi connectivity index (χ0v) is 10.6. The zero-order valence-electron chi connectivity index (χ0n) is 10.6. The Morgan fingerprint density at radius 3 is 2.82 bits per heavy atom. The highest BCUT2D eigenvalue weighted by atomic mass is 15.3. The monoisotopic (exact) mass is 233 g/mol. The second-order valence-corrected chi connectivity index (χ2v) is 4.49. The molecule has 0 aliphatic heterocycles. The fraction of sp³-hybridized carbons (Fsp3) is 0.500. The van der Waals surface area contributed by atoms with Gasteiger partial charge in [-0.3, -0.25) is 4.68 Å². The molecule has 0 radical (unpaired) electrons. The summed E-state index contributed by atoms with van der Waals surface area (Å²) < 4.78 is 3.94. The summed E-state index contributed by atoms with van der Waals surface area (Å²) in [6, 6.07) is 2.50. The van der Waals surface area contributed by atoms with Crippen LogP contribution in [0.5, 0.6) is 0 Å². The highest BCUT2D eigenvalue weighted by molar-refractivity contribution is 5.03. The summed E-state index contributed by atoms with van der Waals surface area (Å²) in [4.78, 5) is 4.36. The lowest BCUT2D eigenvalue weighted by molar-refractivity contribution is 0.552. The van der Waals surface area contributed by atoms with Crippen molar-refractivity contribution in [2.45, 2.75) is 33.0 Å². The molecule has 2 heterocycles. The Morgan fingerprint density at radius 2 is 2.18 bits per heavy atom. The maximum Gasteiger partial charge on any atom is 0.123 e. The van der Waals surface area contributed by atoms with E-state index in [2.05, 4.69) is 33.8 Å². The van der Waals surface area contributed by atoms with Crippen molar-refractivity contribution in [2.75, 3.05) is 0 Å². The molecule has 0 aliphatic carbocycles. The summed E-state index contributed by atoms with van der Waals surface area (Å²) in [7, 11) is 1.93. The minimum Gasteiger partial charge on any atom is -0.328 e. The Bertz CT molecular complexity index is 469. The van der Waals surface area contributed by atoms with Crippen LogP contribution in [-0.4, -0.2) is 25.4 Å². The van der Waals surface area contributed by atoms with Gasteiger partial charge in [-0.2, -0.15) is 5.10 Å². The first-order chi connectivity index (χ1) is 8.15. The van der Waals surface area contributed by atoms with Crippen LogP contribution >= 0.6 is 0 Å². The van der Waals surface area contributed by atoms with Crippen molar-refractivity contribution in [3.63, 3.8) is 0 Å². The van der Waals surface area contributed by atoms with E-state index in [1.54, 1.807) is 0 Å². The molecule has 2 rings (SSSR count). The van der Waals surface area contributed by atoms with Crippen LogP contribution < -0.4 is 5.32 Å². The summed E-state index contributed by atoms with van der Waals surface area (Å²) in [6.45, 7) is 5.82. The van der Waals surface area contributed by atoms with Crippen molar-refractivity contribution in [3.8, 4) is 0 Å². The predicted octanol–water partition coefficient (Wildman–Crippen LogP) is 1.16. The number of aryl methyl sites for hydroxylation is 1. The van der Waals surface area contributed by atoms with Crippen molar-refractivity contribution in [1.82, 2.24) is 24.6 Å². The molecule has 0 amide bonds. The average molecular weight is 233 g/mol. The lowest BCUT2D eigenvalue weighted by Crippen LogP contribution is -2.24. The van der Waals surface area contributed by atoms with E-state index in [-0.39, 0.29) is 0 Å². The number of hydrogen-bond donors (Lipinski definition) is 1. The third-order valence-electron chi connectivity index (χ3n) is 2.57. The molecule has 0 saturated carbocycles. The van der Waals surface area contributed by atoms with Gasteiger partial charge in [0.1, 0.15) is 5.82 Å². The van der Waals surface area contributed by atoms with Crippen LogP contribution in [0.3, 0.4) is 0 Å². The van der Waals surface area contributed by atoms with Crippen molar-refractivity contribution >= 4 is 0 Å². The molecule has 5 heteroatoms. The summed E-state index contributed by atoms with van der Waals surface area (Å²) in [5, 5.41) is 7.74. The first-order valence-corrected chi connectivity index (χ1v) is 5.87. The fourth-order valence-corrected chi connectivity index (χ4v) is 1.67. The van der Waals surface area contributed by atoms with Crippen LogP contribution in [0.1, 0.15) is 25.4 Å². The van der Waals surface area contributed by atoms with Gasteiger partial charge in [-0.1, -0.05) is 13.8 Å². The highest BCUT2D eigenvalue weighted by Crippen LogP contribution is 2.03. The van der Waals surface area contributed by atoms with Gasteiger partial charge in [-0.05, 0) is 6.07 Å². The van der Waals surface area contributed by atoms with Gasteiger partial charge in [-0.25, -0.2) is 4.98 Å². The van der Waals surface area contributed by atoms with Crippen LogP contribution in [0.15, 0.2) is 24.7 Å². The third-order valence-corrected chi connectivity index (χ3v) is 2.57. The van der Waals surface area contributed by atoms with E-state index >= 15 is 0 Å². The summed E-state index contributed by atoms with van der Waals surface area (Å²) >= 11 is 0. The van der Waals surface area contributed by atoms with Gasteiger partial charge in [-0.15, -0.1) is 0 Å². The Morgan fingerprint density at radius 1 is 1.35 bits per heavy atom. The molecule has 0 atom stereocenters. The van der Waals surface area contributed by atoms with Crippen LogP contribution in [0.4, 0.5) is 0 Å². The van der Waals surface area contributed by atoms with Gasteiger partial charge in [0.25, 0.3) is 0 Å². The zero-order chi connectivity index (χ0) is 12.3. The molecule has 2 aromatic rings. The second kappa shape index (κ2) is 5.14. The van der Waals surface area contributed by atoms with Gasteiger partial charge >= 0.3 is 0 Å². The van der Waals surface area contributed by atoms with Gasteiger partial charge in [0.05, 0.1) is 18.8 Å². The van der Waals surface area contributed by atoms with Gasteiger partial charge in [0.15, 0.2) is 0 Å². The molecule has 92 valence electrons. The smallest absolute Gasteiger partial charge is 0.123 e. The number of aromatic nitrogens is 4. The number of hydrogen-bond acceptors (Lipinski definition) is 3. The van der Waals surface area contributed by atoms with Gasteiger partial charge < -0.3 is 9.88 Å². The number of rotatable bonds is 5. The molecular formula is C12H19N5. The minimum absolute atomic E-state index is 0.468. The largest absolute Gasteiger partial charge is 0.328 e. The molecule has 0 aromatic carbocycles. The van der Waals surface area contributed by atoms with Gasteiger partial charge in [0, 0.05) is 31.7 Å². The molecular weight excluding hydrogens is 214 g/mol. The molecule has 17 heavy (non-hydrogen) atoms. The van der Waals surface area contributed by atoms with Crippen molar-refractivity contribution < 1.29 is 0 Å². The van der Waals surface area contributed by atoms with Gasteiger partial charge in [0.2, 0.25) is 0 Å². The maximum atomic E-state index is 4.37. The van der Waals surface area contributed by atoms with Crippen LogP contribution in [0.25, 0.3) is 0 Å². The molecule has 5 nitrogen and oxygen atoms in total. The standard InChI is InChI=1S/C12H19N5/c1-10(2)14-8-12-13-5-7-17(12)9-11-4-6-16(3)15-11/h4-7,10,14H,8-9H2,1-3H3. The Balaban J connectivity index is 2.03. The van der Waals surface area contributed by atoms with E-state index in [0.717, 1.165) is 24.6 Å². The Kier molecular flexibility index (Phi) is 3.58. The normalized spacial score (nSPS) is 11.3. The summed E-state index contributed by atoms with van der Waals surface area (Å²) in [5.41, 5.74) is 1.05. The van der Waals surface area contributed by atoms with E-state index in [9.17, 15) is 0 Å². The van der Waals surface area contributed by atoms with Crippen LogP contribution in [0, 0.1) is 0 Å². The third kappa shape index (κ3) is 3.17. The second-order valence-electron chi connectivity index (χ2n) is 4.49. The number of imidazole rings is 1. The van der Waals surface area contributed by atoms with Crippen LogP contribution in [-0.2, 0) is 20.1 Å². The number of nitrogens with one attached hydrogen (secondary N) is 1. The quantitative estimate of drug-likeness (QED) is 0.843. The molecule has 0 aliphatic rings. The lowest BCUT2D eigenvalue weighted by Gasteiger charge is -2.09. The molecule has 0 saturated heterocycles. The molecule has 1 N–H and O–H groups in total. The molecule has 0 bridgehead atoms. The van der Waals surface area contributed by atoms with E-state index < -0.39 is 0 Å². The van der Waals surface area contributed by atoms with Crippen molar-refractivity contribution in [3.05, 3.63) is 36.2 Å². The lowest BCUT2D eigenvalue weighted by atomic mass is 10.4.